The van der Waals surface area contributed by atoms with Crippen LogP contribution < -0.4 is 11.1 Å². The van der Waals surface area contributed by atoms with Crippen molar-refractivity contribution in [2.45, 2.75) is 31.9 Å². The minimum atomic E-state index is 0. The van der Waals surface area contributed by atoms with Gasteiger partial charge in [-0.15, -0.1) is 23.7 Å². The SMILES string of the molecule is Cl.NC(CNC(=O)c1cc2c(s1)CCOC2)C1CC1. The number of rotatable bonds is 4. The summed E-state index contributed by atoms with van der Waals surface area (Å²) in [5.41, 5.74) is 7.14. The lowest BCUT2D eigenvalue weighted by molar-refractivity contribution is 0.0954. The Morgan fingerprint density at radius 1 is 1.58 bits per heavy atom. The molecule has 1 aliphatic carbocycles. The second-order valence-electron chi connectivity index (χ2n) is 5.07. The third kappa shape index (κ3) is 3.48. The molecule has 1 unspecified atom stereocenters. The van der Waals surface area contributed by atoms with Crippen molar-refractivity contribution in [2.75, 3.05) is 13.2 Å². The van der Waals surface area contributed by atoms with Gasteiger partial charge >= 0.3 is 0 Å². The molecule has 106 valence electrons. The molecule has 0 radical (unpaired) electrons. The molecule has 3 rings (SSSR count). The van der Waals surface area contributed by atoms with E-state index in [1.54, 1.807) is 11.3 Å². The van der Waals surface area contributed by atoms with Crippen molar-refractivity contribution < 1.29 is 9.53 Å². The van der Waals surface area contributed by atoms with Gasteiger partial charge in [-0.25, -0.2) is 0 Å². The zero-order chi connectivity index (χ0) is 12.5. The molecule has 0 bridgehead atoms. The number of halogens is 1. The maximum absolute atomic E-state index is 12.0. The number of thiophene rings is 1. The fourth-order valence-corrected chi connectivity index (χ4v) is 3.31. The minimum Gasteiger partial charge on any atom is -0.376 e. The molecule has 2 heterocycles. The number of fused-ring (bicyclic) bond motifs is 1. The molecule has 6 heteroatoms. The topological polar surface area (TPSA) is 64.3 Å². The lowest BCUT2D eigenvalue weighted by Gasteiger charge is -2.10. The number of nitrogens with two attached hydrogens (primary N) is 1. The maximum Gasteiger partial charge on any atom is 0.261 e. The Balaban J connectivity index is 0.00000133. The van der Waals surface area contributed by atoms with Crippen molar-refractivity contribution in [1.82, 2.24) is 5.32 Å². The third-order valence-electron chi connectivity index (χ3n) is 3.58. The minimum absolute atomic E-state index is 0. The van der Waals surface area contributed by atoms with Gasteiger partial charge in [0.1, 0.15) is 0 Å². The second-order valence-corrected chi connectivity index (χ2v) is 6.21. The first-order valence-electron chi connectivity index (χ1n) is 6.47. The van der Waals surface area contributed by atoms with Crippen LogP contribution in [-0.2, 0) is 17.8 Å². The summed E-state index contributed by atoms with van der Waals surface area (Å²) in [6.45, 7) is 1.99. The largest absolute Gasteiger partial charge is 0.376 e. The lowest BCUT2D eigenvalue weighted by Crippen LogP contribution is -2.38. The maximum atomic E-state index is 12.0. The van der Waals surface area contributed by atoms with Crippen LogP contribution in [-0.4, -0.2) is 25.1 Å². The van der Waals surface area contributed by atoms with Gasteiger partial charge in [0.25, 0.3) is 5.91 Å². The van der Waals surface area contributed by atoms with Crippen molar-refractivity contribution in [3.05, 3.63) is 21.4 Å². The summed E-state index contributed by atoms with van der Waals surface area (Å²) in [6, 6.07) is 2.07. The standard InChI is InChI=1S/C13H18N2O2S.ClH/c14-10(8-1-2-8)6-15-13(16)12-5-9-7-17-4-3-11(9)18-12;/h5,8,10H,1-4,6-7,14H2,(H,15,16);1H. The summed E-state index contributed by atoms with van der Waals surface area (Å²) in [6.07, 6.45) is 3.35. The highest BCUT2D eigenvalue weighted by Crippen LogP contribution is 2.31. The van der Waals surface area contributed by atoms with Gasteiger partial charge in [-0.3, -0.25) is 4.79 Å². The Morgan fingerprint density at radius 3 is 3.05 bits per heavy atom. The van der Waals surface area contributed by atoms with E-state index in [2.05, 4.69) is 5.32 Å². The average molecular weight is 303 g/mol. The molecule has 1 atom stereocenters. The van der Waals surface area contributed by atoms with Crippen molar-refractivity contribution in [3.8, 4) is 0 Å². The molecule has 1 fully saturated rings. The van der Waals surface area contributed by atoms with E-state index in [0.29, 0.717) is 19.1 Å². The highest BCUT2D eigenvalue weighted by atomic mass is 35.5. The molecule has 3 N–H and O–H groups in total. The highest BCUT2D eigenvalue weighted by Gasteiger charge is 2.28. The van der Waals surface area contributed by atoms with Crippen LogP contribution >= 0.6 is 23.7 Å². The third-order valence-corrected chi connectivity index (χ3v) is 4.81. The van der Waals surface area contributed by atoms with E-state index < -0.39 is 0 Å². The number of amides is 1. The molecule has 4 nitrogen and oxygen atoms in total. The van der Waals surface area contributed by atoms with Gasteiger partial charge < -0.3 is 15.8 Å². The smallest absolute Gasteiger partial charge is 0.261 e. The Labute approximate surface area is 123 Å². The van der Waals surface area contributed by atoms with Gasteiger partial charge in [0.15, 0.2) is 0 Å². The molecule has 2 aliphatic rings. The summed E-state index contributed by atoms with van der Waals surface area (Å²) in [4.78, 5) is 14.1. The quantitative estimate of drug-likeness (QED) is 0.890. The first-order chi connectivity index (χ1) is 8.74. The first-order valence-corrected chi connectivity index (χ1v) is 7.29. The van der Waals surface area contributed by atoms with Crippen LogP contribution in [0.15, 0.2) is 6.07 Å². The van der Waals surface area contributed by atoms with Gasteiger partial charge in [-0.2, -0.15) is 0 Å². The molecule has 1 amide bonds. The van der Waals surface area contributed by atoms with E-state index in [-0.39, 0.29) is 24.4 Å². The summed E-state index contributed by atoms with van der Waals surface area (Å²) >= 11 is 1.59. The van der Waals surface area contributed by atoms with Crippen molar-refractivity contribution in [2.24, 2.45) is 11.7 Å². The zero-order valence-electron chi connectivity index (χ0n) is 10.7. The molecule has 19 heavy (non-hydrogen) atoms. The summed E-state index contributed by atoms with van der Waals surface area (Å²) < 4.78 is 5.38. The van der Waals surface area contributed by atoms with E-state index in [1.807, 2.05) is 6.07 Å². The number of carbonyl (C=O) groups is 1. The fourth-order valence-electron chi connectivity index (χ4n) is 2.25. The summed E-state index contributed by atoms with van der Waals surface area (Å²) in [5, 5.41) is 2.93. The van der Waals surface area contributed by atoms with Gasteiger partial charge in [-0.1, -0.05) is 0 Å². The highest BCUT2D eigenvalue weighted by molar-refractivity contribution is 7.14. The van der Waals surface area contributed by atoms with Gasteiger partial charge in [0, 0.05) is 23.9 Å². The normalized spacial score (nSPS) is 19.2. The van der Waals surface area contributed by atoms with E-state index in [0.717, 1.165) is 17.9 Å². The van der Waals surface area contributed by atoms with Crippen molar-refractivity contribution >= 4 is 29.7 Å². The van der Waals surface area contributed by atoms with Gasteiger partial charge in [0.05, 0.1) is 18.1 Å². The summed E-state index contributed by atoms with van der Waals surface area (Å²) in [5.74, 6) is 0.626. The zero-order valence-corrected chi connectivity index (χ0v) is 12.3. The molecule has 0 saturated heterocycles. The Kier molecular flexibility index (Phi) is 4.84. The fraction of sp³-hybridized carbons (Fsp3) is 0.615. The number of ether oxygens (including phenoxy) is 1. The Hall–Kier alpha value is -0.620. The number of hydrogen-bond donors (Lipinski definition) is 2. The molecular weight excluding hydrogens is 284 g/mol. The first kappa shape index (κ1) is 14.8. The second kappa shape index (κ2) is 6.22. The molecule has 1 aromatic heterocycles. The monoisotopic (exact) mass is 302 g/mol. The predicted octanol–water partition coefficient (Wildman–Crippen LogP) is 1.71. The predicted molar refractivity (Wildman–Crippen MR) is 78.0 cm³/mol. The van der Waals surface area contributed by atoms with Crippen LogP contribution in [0.25, 0.3) is 0 Å². The van der Waals surface area contributed by atoms with Crippen LogP contribution in [0.4, 0.5) is 0 Å². The van der Waals surface area contributed by atoms with Gasteiger partial charge in [-0.05, 0) is 30.4 Å². The molecule has 0 spiro atoms. The van der Waals surface area contributed by atoms with Crippen LogP contribution in [0.5, 0.6) is 0 Å². The van der Waals surface area contributed by atoms with E-state index >= 15 is 0 Å². The van der Waals surface area contributed by atoms with E-state index in [4.69, 9.17) is 10.5 Å². The molecule has 1 aromatic rings. The van der Waals surface area contributed by atoms with E-state index in [1.165, 1.54) is 23.3 Å². The molecule has 1 saturated carbocycles. The van der Waals surface area contributed by atoms with E-state index in [9.17, 15) is 4.79 Å². The van der Waals surface area contributed by atoms with Crippen LogP contribution in [0, 0.1) is 5.92 Å². The Bertz CT molecular complexity index is 436. The van der Waals surface area contributed by atoms with Crippen molar-refractivity contribution in [1.29, 1.82) is 0 Å². The molecule has 1 aliphatic heterocycles. The summed E-state index contributed by atoms with van der Waals surface area (Å²) in [7, 11) is 0. The number of carbonyl (C=O) groups excluding carboxylic acids is 1. The molecule has 0 aromatic carbocycles. The Morgan fingerprint density at radius 2 is 2.37 bits per heavy atom. The average Bonchev–Trinajstić information content (AvgIpc) is 3.14. The van der Waals surface area contributed by atoms with Crippen LogP contribution in [0.1, 0.15) is 33.0 Å². The van der Waals surface area contributed by atoms with Crippen LogP contribution in [0.2, 0.25) is 0 Å². The number of nitrogens with one attached hydrogen (secondary N) is 1. The van der Waals surface area contributed by atoms with Gasteiger partial charge in [0.2, 0.25) is 0 Å². The number of hydrogen-bond acceptors (Lipinski definition) is 4. The van der Waals surface area contributed by atoms with Crippen LogP contribution in [0.3, 0.4) is 0 Å². The van der Waals surface area contributed by atoms with Crippen molar-refractivity contribution in [3.63, 3.8) is 0 Å². The lowest BCUT2D eigenvalue weighted by atomic mass is 10.2. The molecular formula is C13H19ClN2O2S.